The van der Waals surface area contributed by atoms with Crippen molar-refractivity contribution in [3.8, 4) is 0 Å². The molecule has 144 valence electrons. The Hall–Kier alpha value is -1.71. The van der Waals surface area contributed by atoms with Crippen LogP contribution >= 0.6 is 24.0 Å². The second-order valence-electron chi connectivity index (χ2n) is 6.51. The van der Waals surface area contributed by atoms with Gasteiger partial charge in [-0.15, -0.1) is 34.2 Å². The van der Waals surface area contributed by atoms with Crippen LogP contribution in [-0.2, 0) is 18.4 Å². The summed E-state index contributed by atoms with van der Waals surface area (Å²) < 4.78 is 16.1. The number of benzene rings is 1. The lowest BCUT2D eigenvalue weighted by atomic mass is 9.84. The number of aryl methyl sites for hydroxylation is 1. The van der Waals surface area contributed by atoms with Crippen LogP contribution in [0.4, 0.5) is 4.39 Å². The van der Waals surface area contributed by atoms with Gasteiger partial charge in [0.05, 0.1) is 0 Å². The summed E-state index contributed by atoms with van der Waals surface area (Å²) in [6.45, 7) is 8.10. The van der Waals surface area contributed by atoms with E-state index in [2.05, 4.69) is 32.7 Å². The molecule has 2 aromatic rings. The molecule has 0 unspecified atom stereocenters. The fraction of sp³-hybridized carbons (Fsp3) is 0.500. The first-order valence-electron chi connectivity index (χ1n) is 8.54. The Morgan fingerprint density at radius 2 is 2.00 bits per heavy atom. The van der Waals surface area contributed by atoms with Crippen LogP contribution in [0.25, 0.3) is 0 Å². The van der Waals surface area contributed by atoms with E-state index in [-0.39, 0.29) is 35.2 Å². The maximum absolute atomic E-state index is 14.0. The summed E-state index contributed by atoms with van der Waals surface area (Å²) in [5.74, 6) is 1.47. The van der Waals surface area contributed by atoms with Crippen molar-refractivity contribution in [3.63, 3.8) is 0 Å². The Kier molecular flexibility index (Phi) is 8.97. The van der Waals surface area contributed by atoms with Gasteiger partial charge in [0, 0.05) is 38.5 Å². The molecule has 0 aliphatic rings. The van der Waals surface area contributed by atoms with Gasteiger partial charge in [-0.1, -0.05) is 39.0 Å². The van der Waals surface area contributed by atoms with Crippen LogP contribution in [-0.4, -0.2) is 40.9 Å². The number of nitrogens with zero attached hydrogens (tertiary/aromatic N) is 4. The van der Waals surface area contributed by atoms with E-state index in [9.17, 15) is 4.39 Å². The zero-order valence-electron chi connectivity index (χ0n) is 15.8. The van der Waals surface area contributed by atoms with Gasteiger partial charge in [-0.05, 0) is 11.6 Å². The number of rotatable bonds is 7. The topological polar surface area (TPSA) is 67.1 Å². The molecule has 0 amide bonds. The van der Waals surface area contributed by atoms with Crippen LogP contribution in [0.1, 0.15) is 32.2 Å². The van der Waals surface area contributed by atoms with Crippen LogP contribution < -0.4 is 10.6 Å². The second-order valence-corrected chi connectivity index (χ2v) is 6.51. The van der Waals surface area contributed by atoms with Crippen molar-refractivity contribution in [1.29, 1.82) is 0 Å². The third-order valence-electron chi connectivity index (χ3n) is 4.18. The molecule has 2 rings (SSSR count). The van der Waals surface area contributed by atoms with Crippen LogP contribution in [0.2, 0.25) is 0 Å². The molecular formula is C18H28FIN6. The van der Waals surface area contributed by atoms with Crippen LogP contribution in [0.15, 0.2) is 35.6 Å². The zero-order valence-corrected chi connectivity index (χ0v) is 18.1. The van der Waals surface area contributed by atoms with E-state index in [1.54, 1.807) is 19.4 Å². The summed E-state index contributed by atoms with van der Waals surface area (Å²) in [5.41, 5.74) is 0.335. The third kappa shape index (κ3) is 5.93. The number of halogens is 2. The Morgan fingerprint density at radius 1 is 1.27 bits per heavy atom. The molecule has 8 heteroatoms. The van der Waals surface area contributed by atoms with Crippen molar-refractivity contribution in [1.82, 2.24) is 25.4 Å². The number of hydrogen-bond donors (Lipinski definition) is 2. The molecule has 1 aromatic heterocycles. The molecule has 1 aromatic carbocycles. The van der Waals surface area contributed by atoms with Crippen molar-refractivity contribution in [2.75, 3.05) is 20.1 Å². The average Bonchev–Trinajstić information content (AvgIpc) is 3.05. The summed E-state index contributed by atoms with van der Waals surface area (Å²) in [7, 11) is 1.72. The van der Waals surface area contributed by atoms with Crippen LogP contribution in [0.3, 0.4) is 0 Å². The lowest BCUT2D eigenvalue weighted by molar-refractivity contribution is 0.472. The number of aliphatic imine (C=N–C) groups is 1. The highest BCUT2D eigenvalue weighted by Gasteiger charge is 2.24. The lowest BCUT2D eigenvalue weighted by Gasteiger charge is -2.27. The Morgan fingerprint density at radius 3 is 2.65 bits per heavy atom. The molecule has 0 saturated carbocycles. The fourth-order valence-electron chi connectivity index (χ4n) is 2.66. The fourth-order valence-corrected chi connectivity index (χ4v) is 2.66. The van der Waals surface area contributed by atoms with Crippen LogP contribution in [0, 0.1) is 5.82 Å². The summed E-state index contributed by atoms with van der Waals surface area (Å²) >= 11 is 0. The Bertz CT molecular complexity index is 713. The number of guanidine groups is 1. The third-order valence-corrected chi connectivity index (χ3v) is 4.18. The van der Waals surface area contributed by atoms with Gasteiger partial charge in [0.25, 0.3) is 0 Å². The number of nitrogens with one attached hydrogen (secondary N) is 2. The minimum Gasteiger partial charge on any atom is -0.356 e. The molecule has 0 bridgehead atoms. The summed E-state index contributed by atoms with van der Waals surface area (Å²) in [6, 6.07) is 6.89. The van der Waals surface area contributed by atoms with E-state index in [4.69, 9.17) is 0 Å². The molecule has 0 atom stereocenters. The first kappa shape index (κ1) is 22.3. The van der Waals surface area contributed by atoms with Gasteiger partial charge in [-0.25, -0.2) is 4.39 Å². The van der Waals surface area contributed by atoms with Gasteiger partial charge in [-0.3, -0.25) is 4.99 Å². The van der Waals surface area contributed by atoms with E-state index in [0.717, 1.165) is 18.8 Å². The van der Waals surface area contributed by atoms with E-state index < -0.39 is 0 Å². The maximum atomic E-state index is 14.0. The molecule has 0 fully saturated rings. The highest BCUT2D eigenvalue weighted by Crippen LogP contribution is 2.24. The summed E-state index contributed by atoms with van der Waals surface area (Å²) in [4.78, 5) is 4.23. The Balaban J connectivity index is 0.00000338. The van der Waals surface area contributed by atoms with E-state index in [1.807, 2.05) is 30.5 Å². The molecule has 0 saturated heterocycles. The number of aromatic nitrogens is 3. The molecule has 0 aliphatic heterocycles. The number of hydrogen-bond acceptors (Lipinski definition) is 3. The van der Waals surface area contributed by atoms with Gasteiger partial charge in [0.1, 0.15) is 18.0 Å². The smallest absolute Gasteiger partial charge is 0.191 e. The summed E-state index contributed by atoms with van der Waals surface area (Å²) in [6.07, 6.45) is 2.59. The largest absolute Gasteiger partial charge is 0.356 e. The van der Waals surface area contributed by atoms with E-state index in [0.29, 0.717) is 24.6 Å². The summed E-state index contributed by atoms with van der Waals surface area (Å²) in [5, 5.41) is 14.5. The standard InChI is InChI=1S/C18H27FN6.HI/c1-5-16-24-23-13-25(16)11-10-21-17(20-4)22-12-18(2,3)14-8-6-7-9-15(14)19;/h6-9,13H,5,10-12H2,1-4H3,(H2,20,21,22);1H. The lowest BCUT2D eigenvalue weighted by Crippen LogP contribution is -2.44. The predicted octanol–water partition coefficient (Wildman–Crippen LogP) is 2.74. The monoisotopic (exact) mass is 474 g/mol. The normalized spacial score (nSPS) is 11.8. The molecule has 6 nitrogen and oxygen atoms in total. The minimum atomic E-state index is -0.355. The SMILES string of the molecule is CCc1nncn1CCNC(=NC)NCC(C)(C)c1ccccc1F.I. The Labute approximate surface area is 171 Å². The first-order chi connectivity index (χ1) is 12.0. The highest BCUT2D eigenvalue weighted by molar-refractivity contribution is 14.0. The van der Waals surface area contributed by atoms with Crippen molar-refractivity contribution >= 4 is 29.9 Å². The highest BCUT2D eigenvalue weighted by atomic mass is 127. The van der Waals surface area contributed by atoms with E-state index >= 15 is 0 Å². The average molecular weight is 474 g/mol. The quantitative estimate of drug-likeness (QED) is 0.368. The van der Waals surface area contributed by atoms with Crippen molar-refractivity contribution in [2.24, 2.45) is 4.99 Å². The molecule has 0 aliphatic carbocycles. The molecular weight excluding hydrogens is 446 g/mol. The van der Waals surface area contributed by atoms with Crippen LogP contribution in [0.5, 0.6) is 0 Å². The minimum absolute atomic E-state index is 0. The molecule has 0 radical (unpaired) electrons. The van der Waals surface area contributed by atoms with Gasteiger partial charge in [0.2, 0.25) is 0 Å². The van der Waals surface area contributed by atoms with E-state index in [1.165, 1.54) is 6.07 Å². The van der Waals surface area contributed by atoms with Gasteiger partial charge < -0.3 is 15.2 Å². The molecule has 2 N–H and O–H groups in total. The predicted molar refractivity (Wildman–Crippen MR) is 114 cm³/mol. The molecule has 0 spiro atoms. The molecule has 1 heterocycles. The van der Waals surface area contributed by atoms with Gasteiger partial charge in [-0.2, -0.15) is 0 Å². The van der Waals surface area contributed by atoms with Gasteiger partial charge >= 0.3 is 0 Å². The first-order valence-corrected chi connectivity index (χ1v) is 8.54. The van der Waals surface area contributed by atoms with Crippen molar-refractivity contribution < 1.29 is 4.39 Å². The van der Waals surface area contributed by atoms with Crippen molar-refractivity contribution in [3.05, 3.63) is 47.8 Å². The van der Waals surface area contributed by atoms with Gasteiger partial charge in [0.15, 0.2) is 5.96 Å². The van der Waals surface area contributed by atoms with Crippen molar-refractivity contribution in [2.45, 2.75) is 39.2 Å². The second kappa shape index (κ2) is 10.4. The molecule has 26 heavy (non-hydrogen) atoms. The maximum Gasteiger partial charge on any atom is 0.191 e. The zero-order chi connectivity index (χ0) is 18.3.